The summed E-state index contributed by atoms with van der Waals surface area (Å²) in [5.74, 6) is -0.434. The molecule has 186 valence electrons. The third kappa shape index (κ3) is 5.01. The number of hydrogen-bond acceptors (Lipinski definition) is 8. The quantitative estimate of drug-likeness (QED) is 0.526. The van der Waals surface area contributed by atoms with Crippen LogP contribution in [0.25, 0.3) is 0 Å². The van der Waals surface area contributed by atoms with Gasteiger partial charge in [-0.15, -0.1) is 0 Å². The number of esters is 2. The first-order chi connectivity index (χ1) is 17.4. The molecule has 2 aromatic carbocycles. The minimum Gasteiger partial charge on any atom is -0.459 e. The van der Waals surface area contributed by atoms with E-state index >= 15 is 0 Å². The van der Waals surface area contributed by atoms with Gasteiger partial charge in [-0.05, 0) is 44.5 Å². The second-order valence-corrected chi connectivity index (χ2v) is 9.12. The number of carbonyl (C=O) groups is 2. The number of ether oxygens (including phenoxy) is 3. The predicted molar refractivity (Wildman–Crippen MR) is 131 cm³/mol. The van der Waals surface area contributed by atoms with Crippen LogP contribution in [0.3, 0.4) is 0 Å². The fourth-order valence-corrected chi connectivity index (χ4v) is 4.34. The van der Waals surface area contributed by atoms with Crippen molar-refractivity contribution in [1.82, 2.24) is 9.55 Å². The number of benzene rings is 2. The van der Waals surface area contributed by atoms with Crippen LogP contribution in [0.15, 0.2) is 59.5 Å². The molecule has 0 aliphatic carbocycles. The summed E-state index contributed by atoms with van der Waals surface area (Å²) >= 11 is 0. The number of rotatable bonds is 6. The zero-order valence-corrected chi connectivity index (χ0v) is 20.1. The molecule has 9 heteroatoms. The van der Waals surface area contributed by atoms with Crippen molar-refractivity contribution in [2.45, 2.75) is 45.1 Å². The van der Waals surface area contributed by atoms with Crippen LogP contribution in [0.4, 0.5) is 5.82 Å². The molecule has 1 fully saturated rings. The van der Waals surface area contributed by atoms with E-state index in [1.165, 1.54) is 4.57 Å². The number of fused-ring (bicyclic) bond motifs is 1. The molecule has 1 saturated heterocycles. The molecule has 36 heavy (non-hydrogen) atoms. The van der Waals surface area contributed by atoms with E-state index in [-0.39, 0.29) is 13.0 Å². The van der Waals surface area contributed by atoms with Gasteiger partial charge in [0.2, 0.25) is 0 Å². The second kappa shape index (κ2) is 9.94. The van der Waals surface area contributed by atoms with Gasteiger partial charge in [0.15, 0.2) is 0 Å². The Hall–Kier alpha value is -3.98. The van der Waals surface area contributed by atoms with Gasteiger partial charge in [0.1, 0.15) is 30.9 Å². The molecule has 3 aromatic rings. The van der Waals surface area contributed by atoms with Gasteiger partial charge in [0.25, 0.3) is 0 Å². The first kappa shape index (κ1) is 23.7. The van der Waals surface area contributed by atoms with Gasteiger partial charge < -0.3 is 19.5 Å². The maximum atomic E-state index is 12.8. The molecule has 0 bridgehead atoms. The maximum Gasteiger partial charge on any atom is 0.351 e. The molecule has 9 nitrogen and oxygen atoms in total. The molecule has 2 aliphatic heterocycles. The van der Waals surface area contributed by atoms with Crippen LogP contribution in [0.5, 0.6) is 0 Å². The monoisotopic (exact) mass is 489 g/mol. The Balaban J connectivity index is 1.34. The summed E-state index contributed by atoms with van der Waals surface area (Å²) in [6, 6.07) is 14.1. The lowest BCUT2D eigenvalue weighted by molar-refractivity contribution is -0.0582. The Morgan fingerprint density at radius 3 is 2.33 bits per heavy atom. The average Bonchev–Trinajstić information content (AvgIpc) is 3.49. The van der Waals surface area contributed by atoms with E-state index in [2.05, 4.69) is 10.3 Å². The van der Waals surface area contributed by atoms with Crippen molar-refractivity contribution in [3.05, 3.63) is 93.0 Å². The first-order valence-electron chi connectivity index (χ1n) is 11.9. The summed E-state index contributed by atoms with van der Waals surface area (Å²) < 4.78 is 18.8. The number of nitrogens with one attached hydrogen (secondary N) is 1. The summed E-state index contributed by atoms with van der Waals surface area (Å²) in [6.07, 6.45) is 0.506. The van der Waals surface area contributed by atoms with Crippen molar-refractivity contribution in [3.8, 4) is 0 Å². The van der Waals surface area contributed by atoms with Crippen LogP contribution in [0.2, 0.25) is 0 Å². The van der Waals surface area contributed by atoms with Crippen molar-refractivity contribution < 1.29 is 23.8 Å². The van der Waals surface area contributed by atoms with E-state index in [1.807, 2.05) is 38.1 Å². The smallest absolute Gasteiger partial charge is 0.351 e. The Morgan fingerprint density at radius 1 is 1.03 bits per heavy atom. The first-order valence-corrected chi connectivity index (χ1v) is 11.9. The van der Waals surface area contributed by atoms with Gasteiger partial charge in [-0.25, -0.2) is 14.4 Å². The standard InChI is InChI=1S/C27H27N3O6/c1-16-3-7-18(8-4-16)25(31)34-15-22-21(36-26(32)19-9-5-17(2)6-10-19)13-23(35-22)30-14-20-11-12-28-24(20)29-27(30)33/h3-10,14,21-23H,11-13,15H2,1-2H3,(H,28,29,33)/t21-,22+,23+/m0/s1. The molecule has 1 aromatic heterocycles. The van der Waals surface area contributed by atoms with E-state index in [4.69, 9.17) is 14.2 Å². The Labute approximate surface area is 208 Å². The Morgan fingerprint density at radius 2 is 1.67 bits per heavy atom. The number of aryl methyl sites for hydroxylation is 2. The van der Waals surface area contributed by atoms with Crippen molar-refractivity contribution in [2.75, 3.05) is 18.5 Å². The van der Waals surface area contributed by atoms with Crippen molar-refractivity contribution >= 4 is 17.8 Å². The molecule has 3 atom stereocenters. The second-order valence-electron chi connectivity index (χ2n) is 9.12. The lowest BCUT2D eigenvalue weighted by atomic mass is 10.1. The Bertz CT molecular complexity index is 1330. The minimum atomic E-state index is -0.753. The van der Waals surface area contributed by atoms with E-state index < -0.39 is 36.1 Å². The molecule has 0 unspecified atom stereocenters. The lowest BCUT2D eigenvalue weighted by Gasteiger charge is -2.19. The van der Waals surface area contributed by atoms with E-state index in [9.17, 15) is 14.4 Å². The summed E-state index contributed by atoms with van der Waals surface area (Å²) in [4.78, 5) is 42.2. The minimum absolute atomic E-state index is 0.135. The van der Waals surface area contributed by atoms with Gasteiger partial charge >= 0.3 is 17.6 Å². The molecule has 0 radical (unpaired) electrons. The molecule has 0 amide bonds. The van der Waals surface area contributed by atoms with E-state index in [0.717, 1.165) is 23.1 Å². The normalized spacial score (nSPS) is 20.4. The molecule has 2 aliphatic rings. The van der Waals surface area contributed by atoms with Crippen molar-refractivity contribution in [1.29, 1.82) is 0 Å². The molecule has 0 saturated carbocycles. The van der Waals surface area contributed by atoms with Crippen LogP contribution in [0.1, 0.15) is 50.1 Å². The number of nitrogens with zero attached hydrogens (tertiary/aromatic N) is 2. The number of aromatic nitrogens is 2. The number of anilines is 1. The van der Waals surface area contributed by atoms with Gasteiger partial charge in [-0.1, -0.05) is 35.4 Å². The predicted octanol–water partition coefficient (Wildman–Crippen LogP) is 3.20. The zero-order chi connectivity index (χ0) is 25.2. The third-order valence-corrected chi connectivity index (χ3v) is 6.42. The lowest BCUT2D eigenvalue weighted by Crippen LogP contribution is -2.32. The van der Waals surface area contributed by atoms with Gasteiger partial charge in [-0.3, -0.25) is 4.57 Å². The highest BCUT2D eigenvalue weighted by Gasteiger charge is 2.40. The molecular weight excluding hydrogens is 462 g/mol. The van der Waals surface area contributed by atoms with Gasteiger partial charge in [0.05, 0.1) is 11.1 Å². The molecule has 5 rings (SSSR count). The SMILES string of the molecule is Cc1ccc(C(=O)OC[C@H]2O[C@@H](n3cc4c(nc3=O)NCC4)C[C@@H]2OC(=O)c2ccc(C)cc2)cc1. The third-order valence-electron chi connectivity index (χ3n) is 6.42. The van der Waals surface area contributed by atoms with Gasteiger partial charge in [-0.2, -0.15) is 4.98 Å². The summed E-state index contributed by atoms with van der Waals surface area (Å²) in [7, 11) is 0. The number of carbonyl (C=O) groups excluding carboxylic acids is 2. The number of hydrogen-bond donors (Lipinski definition) is 1. The van der Waals surface area contributed by atoms with Crippen LogP contribution in [0, 0.1) is 13.8 Å². The van der Waals surface area contributed by atoms with Crippen LogP contribution >= 0.6 is 0 Å². The van der Waals surface area contributed by atoms with Gasteiger partial charge in [0, 0.05) is 24.7 Å². The average molecular weight is 490 g/mol. The Kier molecular flexibility index (Phi) is 6.56. The summed E-state index contributed by atoms with van der Waals surface area (Å²) in [6.45, 7) is 4.44. The van der Waals surface area contributed by atoms with Crippen LogP contribution in [-0.4, -0.2) is 46.8 Å². The highest BCUT2D eigenvalue weighted by Crippen LogP contribution is 2.32. The van der Waals surface area contributed by atoms with Crippen molar-refractivity contribution in [3.63, 3.8) is 0 Å². The largest absolute Gasteiger partial charge is 0.459 e. The molecule has 1 N–H and O–H groups in total. The maximum absolute atomic E-state index is 12.8. The molecule has 0 spiro atoms. The van der Waals surface area contributed by atoms with E-state index in [1.54, 1.807) is 30.5 Å². The summed E-state index contributed by atoms with van der Waals surface area (Å²) in [5, 5.41) is 3.08. The fourth-order valence-electron chi connectivity index (χ4n) is 4.34. The molecule has 3 heterocycles. The zero-order valence-electron chi connectivity index (χ0n) is 20.1. The molecular formula is C27H27N3O6. The van der Waals surface area contributed by atoms with Crippen LogP contribution in [-0.2, 0) is 20.6 Å². The van der Waals surface area contributed by atoms with Crippen molar-refractivity contribution in [2.24, 2.45) is 0 Å². The van der Waals surface area contributed by atoms with E-state index in [0.29, 0.717) is 23.5 Å². The highest BCUT2D eigenvalue weighted by atomic mass is 16.6. The highest BCUT2D eigenvalue weighted by molar-refractivity contribution is 5.90. The topological polar surface area (TPSA) is 109 Å². The van der Waals surface area contributed by atoms with Crippen LogP contribution < -0.4 is 11.0 Å². The summed E-state index contributed by atoms with van der Waals surface area (Å²) in [5.41, 5.74) is 3.32. The fraction of sp³-hybridized carbons (Fsp3) is 0.333.